The van der Waals surface area contributed by atoms with Gasteiger partial charge in [0.1, 0.15) is 55.4 Å². The fraction of sp³-hybridized carbons (Fsp3) is 0.857. The zero-order valence-electron chi connectivity index (χ0n) is 40.3. The maximum absolute atomic E-state index is 13.3. The van der Waals surface area contributed by atoms with E-state index in [0.717, 1.165) is 32.1 Å². The van der Waals surface area contributed by atoms with Crippen LogP contribution in [0.1, 0.15) is 103 Å². The summed E-state index contributed by atoms with van der Waals surface area (Å²) in [5, 5.41) is 99.1. The van der Waals surface area contributed by atoms with Gasteiger partial charge in [-0.05, 0) is 116 Å². The van der Waals surface area contributed by atoms with Gasteiger partial charge in [-0.1, -0.05) is 34.6 Å². The van der Waals surface area contributed by atoms with E-state index in [0.29, 0.717) is 25.2 Å². The van der Waals surface area contributed by atoms with Crippen LogP contribution in [0.3, 0.4) is 0 Å². The number of methoxy groups -OCH3 is 3. The first-order valence-electron chi connectivity index (χ1n) is 24.4. The fourth-order valence-electron chi connectivity index (χ4n) is 13.7. The molecule has 67 heavy (non-hydrogen) atoms. The number of hydrogen-bond acceptors (Lipinski definition) is 18. The van der Waals surface area contributed by atoms with Gasteiger partial charge in [-0.3, -0.25) is 0 Å². The third-order valence-electron chi connectivity index (χ3n) is 17.4. The van der Waals surface area contributed by atoms with Crippen LogP contribution in [0, 0.1) is 52.3 Å². The van der Waals surface area contributed by atoms with Crippen LogP contribution in [0.5, 0.6) is 17.2 Å². The van der Waals surface area contributed by atoms with Crippen molar-refractivity contribution in [3.63, 3.8) is 0 Å². The van der Waals surface area contributed by atoms with Crippen molar-refractivity contribution in [2.45, 2.75) is 178 Å². The van der Waals surface area contributed by atoms with Gasteiger partial charge in [-0.15, -0.1) is 0 Å². The van der Waals surface area contributed by atoms with Crippen molar-refractivity contribution in [3.8, 4) is 17.2 Å². The van der Waals surface area contributed by atoms with Crippen LogP contribution in [0.25, 0.3) is 0 Å². The second-order valence-electron chi connectivity index (χ2n) is 21.4. The van der Waals surface area contributed by atoms with Crippen molar-refractivity contribution in [2.24, 2.45) is 52.3 Å². The highest BCUT2D eigenvalue weighted by atomic mass is 16.7. The summed E-state index contributed by atoms with van der Waals surface area (Å²) in [6.45, 7) is 9.69. The molecule has 2 saturated heterocycles. The average Bonchev–Trinajstić information content (AvgIpc) is 3.61. The van der Waals surface area contributed by atoms with E-state index in [2.05, 4.69) is 34.6 Å². The van der Waals surface area contributed by atoms with Crippen molar-refractivity contribution >= 4 is 5.97 Å². The molecular weight excluding hydrogens is 877 g/mol. The fourth-order valence-corrected chi connectivity index (χ4v) is 13.7. The molecule has 18 nitrogen and oxygen atoms in total. The molecule has 6 aliphatic rings. The highest BCUT2D eigenvalue weighted by Gasteiger charge is 2.66. The maximum Gasteiger partial charge on any atom is 0.338 e. The molecule has 6 fully saturated rings. The van der Waals surface area contributed by atoms with Gasteiger partial charge in [-0.2, -0.15) is 0 Å². The minimum Gasteiger partial charge on any atom is -0.493 e. The Balaban J connectivity index is 1.12. The summed E-state index contributed by atoms with van der Waals surface area (Å²) in [4.78, 5) is 13.3. The molecule has 0 spiro atoms. The normalized spacial score (nSPS) is 43.9. The molecule has 2 heterocycles. The Morgan fingerprint density at radius 3 is 1.96 bits per heavy atom. The monoisotopic (exact) mass is 955 g/mol. The molecule has 2 aliphatic heterocycles. The SMILES string of the molecule is COc1cc(C(=O)OC[C@H]2O[C@@H](O[C@@H]3C[C@H](O)C[C@@H]4CC[C@H]5[C@@H]6C[C@H](O[C@@H]7O[C@H](CO)[C@@H](O)[C@H](O)[C@H]7O)[C@H]([C@H](C)[C@@H](O)CCC(C)C)[C@@]6(C)CC[C@@H]5[C@]43C)[C@H](O)[C@@H](O)[C@@H]2O)cc(OC)c1OC. The quantitative estimate of drug-likeness (QED) is 0.107. The van der Waals surface area contributed by atoms with Gasteiger partial charge in [0.2, 0.25) is 5.75 Å². The van der Waals surface area contributed by atoms with Crippen LogP contribution in [-0.2, 0) is 23.7 Å². The van der Waals surface area contributed by atoms with Crippen molar-refractivity contribution in [3.05, 3.63) is 17.7 Å². The average molecular weight is 955 g/mol. The van der Waals surface area contributed by atoms with Gasteiger partial charge in [0.15, 0.2) is 24.1 Å². The summed E-state index contributed by atoms with van der Waals surface area (Å²) >= 11 is 0. The summed E-state index contributed by atoms with van der Waals surface area (Å²) in [5.41, 5.74) is -0.812. The van der Waals surface area contributed by atoms with Gasteiger partial charge < -0.3 is 83.9 Å². The van der Waals surface area contributed by atoms with Gasteiger partial charge in [0, 0.05) is 6.42 Å². The molecule has 4 saturated carbocycles. The van der Waals surface area contributed by atoms with Crippen molar-refractivity contribution in [2.75, 3.05) is 34.5 Å². The maximum atomic E-state index is 13.3. The Morgan fingerprint density at radius 2 is 1.36 bits per heavy atom. The standard InChI is InChI=1S/C49H78O18/c1-22(2)9-12-30(52)23(3)37-31(64-46-42(57)40(55)38(53)34(20-50)65-46)19-29-27-11-10-25-17-26(51)18-36(49(25,5)28(27)13-14-48(29,37)4)67-47-43(58)41(56)39(54)35(66-47)21-63-45(59)24-15-32(60-6)44(62-8)33(16-24)61-7/h15-16,22-23,25-31,34-43,46-47,50-58H,9-14,17-21H2,1-8H3/t23-,25+,26-,27-,28+,29+,30+,31+,34-,35-,36-,37+,38-,39-,40+,41+,42-,43-,46-,47+,48+,49+/m1/s1. The molecule has 1 aromatic carbocycles. The Bertz CT molecular complexity index is 1790. The first-order valence-corrected chi connectivity index (χ1v) is 24.4. The second-order valence-corrected chi connectivity index (χ2v) is 21.4. The Labute approximate surface area is 393 Å². The van der Waals surface area contributed by atoms with Gasteiger partial charge >= 0.3 is 5.97 Å². The largest absolute Gasteiger partial charge is 0.493 e. The number of fused-ring (bicyclic) bond motifs is 5. The lowest BCUT2D eigenvalue weighted by Gasteiger charge is -2.63. The molecule has 9 N–H and O–H groups in total. The molecule has 18 heteroatoms. The van der Waals surface area contributed by atoms with E-state index in [4.69, 9.17) is 37.9 Å². The van der Waals surface area contributed by atoms with Crippen LogP contribution in [0.15, 0.2) is 12.1 Å². The number of carbonyl (C=O) groups is 1. The van der Waals surface area contributed by atoms with E-state index < -0.39 is 110 Å². The second kappa shape index (κ2) is 21.1. The molecule has 1 aromatic rings. The number of aliphatic hydroxyl groups is 9. The summed E-state index contributed by atoms with van der Waals surface area (Å²) in [6, 6.07) is 2.83. The summed E-state index contributed by atoms with van der Waals surface area (Å²) in [6.07, 6.45) is -11.5. The van der Waals surface area contributed by atoms with Crippen LogP contribution >= 0.6 is 0 Å². The third-order valence-corrected chi connectivity index (χ3v) is 17.4. The Kier molecular flexibility index (Phi) is 16.5. The van der Waals surface area contributed by atoms with Crippen LogP contribution in [-0.4, -0.2) is 172 Å². The minimum atomic E-state index is -1.72. The van der Waals surface area contributed by atoms with E-state index in [1.54, 1.807) is 0 Å². The lowest BCUT2D eigenvalue weighted by Crippen LogP contribution is -2.64. The number of esters is 1. The Morgan fingerprint density at radius 1 is 0.746 bits per heavy atom. The van der Waals surface area contributed by atoms with Crippen LogP contribution < -0.4 is 14.2 Å². The summed E-state index contributed by atoms with van der Waals surface area (Å²) in [5.74, 6) is 0.244. The topological polar surface area (TPSA) is 273 Å². The smallest absolute Gasteiger partial charge is 0.338 e. The molecule has 0 bridgehead atoms. The van der Waals surface area contributed by atoms with Gasteiger partial charge in [0.25, 0.3) is 0 Å². The summed E-state index contributed by atoms with van der Waals surface area (Å²) in [7, 11) is 4.25. The lowest BCUT2D eigenvalue weighted by molar-refractivity contribution is -0.333. The molecule has 0 amide bonds. The highest BCUT2D eigenvalue weighted by Crippen LogP contribution is 2.69. The number of hydrogen-bond donors (Lipinski definition) is 9. The zero-order valence-corrected chi connectivity index (χ0v) is 40.3. The number of carbonyl (C=O) groups excluding carboxylic acids is 1. The highest BCUT2D eigenvalue weighted by molar-refractivity contribution is 5.91. The Hall–Kier alpha value is -2.43. The first-order chi connectivity index (χ1) is 31.7. The van der Waals surface area contributed by atoms with E-state index in [9.17, 15) is 50.8 Å². The molecule has 0 unspecified atom stereocenters. The number of ether oxygens (including phenoxy) is 8. The number of benzene rings is 1. The third kappa shape index (κ3) is 9.83. The zero-order chi connectivity index (χ0) is 48.9. The van der Waals surface area contributed by atoms with Crippen LogP contribution in [0.4, 0.5) is 0 Å². The predicted molar refractivity (Wildman–Crippen MR) is 238 cm³/mol. The number of rotatable bonds is 16. The molecule has 0 aromatic heterocycles. The molecule has 7 rings (SSSR count). The van der Waals surface area contributed by atoms with E-state index in [-0.39, 0.29) is 70.2 Å². The minimum absolute atomic E-state index is 0.0356. The van der Waals surface area contributed by atoms with E-state index in [1.807, 2.05) is 0 Å². The van der Waals surface area contributed by atoms with Crippen molar-refractivity contribution in [1.29, 1.82) is 0 Å². The lowest BCUT2D eigenvalue weighted by atomic mass is 9.43. The molecular formula is C49H78O18. The van der Waals surface area contributed by atoms with Crippen LogP contribution in [0.2, 0.25) is 0 Å². The van der Waals surface area contributed by atoms with E-state index in [1.165, 1.54) is 33.5 Å². The summed E-state index contributed by atoms with van der Waals surface area (Å²) < 4.78 is 47.2. The van der Waals surface area contributed by atoms with Crippen molar-refractivity contribution in [1.82, 2.24) is 0 Å². The van der Waals surface area contributed by atoms with Gasteiger partial charge in [-0.25, -0.2) is 4.79 Å². The molecule has 382 valence electrons. The molecule has 0 radical (unpaired) electrons. The van der Waals surface area contributed by atoms with E-state index >= 15 is 0 Å². The molecule has 22 atom stereocenters. The number of aliphatic hydroxyl groups excluding tert-OH is 9. The molecule has 4 aliphatic carbocycles. The van der Waals surface area contributed by atoms with Gasteiger partial charge in [0.05, 0.1) is 57.9 Å². The van der Waals surface area contributed by atoms with Crippen molar-refractivity contribution < 1.29 is 88.6 Å². The first kappa shape index (κ1) is 52.4. The predicted octanol–water partition coefficient (Wildman–Crippen LogP) is 1.92.